The number of urea groups is 1. The Morgan fingerprint density at radius 3 is 2.67 bits per heavy atom. The van der Waals surface area contributed by atoms with E-state index in [-0.39, 0.29) is 6.42 Å². The second-order valence-corrected chi connectivity index (χ2v) is 5.03. The van der Waals surface area contributed by atoms with E-state index in [4.69, 9.17) is 4.74 Å². The molecule has 0 bridgehead atoms. The smallest absolute Gasteiger partial charge is 0.324 e. The Balaban J connectivity index is 1.83. The van der Waals surface area contributed by atoms with Crippen molar-refractivity contribution in [3.63, 3.8) is 0 Å². The van der Waals surface area contributed by atoms with Crippen LogP contribution < -0.4 is 5.32 Å². The maximum atomic E-state index is 11.7. The molecule has 1 aliphatic rings. The highest BCUT2D eigenvalue weighted by atomic mass is 16.5. The number of hydrogen-bond donors (Lipinski definition) is 1. The van der Waals surface area contributed by atoms with Gasteiger partial charge >= 0.3 is 12.0 Å². The molecule has 6 heteroatoms. The van der Waals surface area contributed by atoms with Crippen molar-refractivity contribution in [2.75, 3.05) is 19.7 Å². The van der Waals surface area contributed by atoms with Crippen LogP contribution in [0.15, 0.2) is 18.2 Å². The number of hydrogen-bond acceptors (Lipinski definition) is 4. The number of rotatable bonds is 4. The highest BCUT2D eigenvalue weighted by molar-refractivity contribution is 5.97. The van der Waals surface area contributed by atoms with Gasteiger partial charge in [0.15, 0.2) is 6.61 Å². The Bertz CT molecular complexity index is 583. The summed E-state index contributed by atoms with van der Waals surface area (Å²) in [5, 5.41) is 2.52. The fourth-order valence-corrected chi connectivity index (χ4v) is 2.06. The first kappa shape index (κ1) is 15.0. The summed E-state index contributed by atoms with van der Waals surface area (Å²) in [6, 6.07) is 5.29. The fraction of sp³-hybridized carbons (Fsp3) is 0.400. The maximum Gasteiger partial charge on any atom is 0.324 e. The maximum absolute atomic E-state index is 11.7. The first-order valence-electron chi connectivity index (χ1n) is 6.77. The third kappa shape index (κ3) is 3.81. The highest BCUT2D eigenvalue weighted by Gasteiger charge is 2.26. The number of ether oxygens (including phenoxy) is 1. The van der Waals surface area contributed by atoms with E-state index in [2.05, 4.69) is 5.32 Å². The predicted octanol–water partition coefficient (Wildman–Crippen LogP) is 0.941. The molecule has 112 valence electrons. The molecule has 1 heterocycles. The van der Waals surface area contributed by atoms with Gasteiger partial charge in [-0.05, 0) is 30.5 Å². The Hall–Kier alpha value is -2.37. The fourth-order valence-electron chi connectivity index (χ4n) is 2.06. The van der Waals surface area contributed by atoms with E-state index < -0.39 is 24.5 Å². The van der Waals surface area contributed by atoms with Crippen LogP contribution in [0, 0.1) is 13.8 Å². The molecule has 1 aromatic carbocycles. The number of esters is 1. The third-order valence-electron chi connectivity index (χ3n) is 3.43. The van der Waals surface area contributed by atoms with Crippen molar-refractivity contribution in [1.29, 1.82) is 0 Å². The summed E-state index contributed by atoms with van der Waals surface area (Å²) < 4.78 is 4.93. The van der Waals surface area contributed by atoms with E-state index in [1.807, 2.05) is 32.0 Å². The number of carbonyl (C=O) groups excluding carboxylic acids is 3. The van der Waals surface area contributed by atoms with Crippen LogP contribution in [0.3, 0.4) is 0 Å². The number of amides is 3. The molecule has 0 unspecified atom stereocenters. The Kier molecular flexibility index (Phi) is 4.57. The zero-order valence-electron chi connectivity index (χ0n) is 12.1. The summed E-state index contributed by atoms with van der Waals surface area (Å²) in [6.45, 7) is 4.31. The number of benzene rings is 1. The first-order chi connectivity index (χ1) is 9.97. The molecule has 1 aromatic rings. The van der Waals surface area contributed by atoms with Gasteiger partial charge in [0.1, 0.15) is 0 Å². The minimum absolute atomic E-state index is 0.112. The van der Waals surface area contributed by atoms with Gasteiger partial charge in [-0.15, -0.1) is 0 Å². The quantitative estimate of drug-likeness (QED) is 0.837. The van der Waals surface area contributed by atoms with Gasteiger partial charge < -0.3 is 10.1 Å². The number of aryl methyl sites for hydroxylation is 2. The minimum atomic E-state index is -0.501. The van der Waals surface area contributed by atoms with Crippen molar-refractivity contribution >= 4 is 17.9 Å². The molecule has 0 aromatic heterocycles. The Labute approximate surface area is 123 Å². The van der Waals surface area contributed by atoms with Crippen LogP contribution >= 0.6 is 0 Å². The second kappa shape index (κ2) is 6.39. The lowest BCUT2D eigenvalue weighted by molar-refractivity contribution is -0.150. The van der Waals surface area contributed by atoms with Gasteiger partial charge in [0, 0.05) is 13.1 Å². The van der Waals surface area contributed by atoms with E-state index in [1.54, 1.807) is 0 Å². The molecule has 0 aliphatic carbocycles. The van der Waals surface area contributed by atoms with Crippen LogP contribution in [0.1, 0.15) is 16.7 Å². The van der Waals surface area contributed by atoms with Crippen molar-refractivity contribution in [3.05, 3.63) is 34.9 Å². The number of nitrogens with zero attached hydrogens (tertiary/aromatic N) is 1. The standard InChI is InChI=1S/C15H18N2O4/c1-10-3-4-12(7-11(10)2)8-14(19)21-9-13(18)17-6-5-16-15(17)20/h3-4,7H,5-6,8-9H2,1-2H3,(H,16,20). The molecule has 1 aliphatic heterocycles. The predicted molar refractivity (Wildman–Crippen MR) is 75.7 cm³/mol. The summed E-state index contributed by atoms with van der Waals surface area (Å²) in [5.74, 6) is -0.982. The lowest BCUT2D eigenvalue weighted by atomic mass is 10.0. The van der Waals surface area contributed by atoms with Gasteiger partial charge in [0.25, 0.3) is 5.91 Å². The molecule has 3 amide bonds. The SMILES string of the molecule is Cc1ccc(CC(=O)OCC(=O)N2CCNC2=O)cc1C. The van der Waals surface area contributed by atoms with Gasteiger partial charge in [-0.2, -0.15) is 0 Å². The van der Waals surface area contributed by atoms with Gasteiger partial charge in [-0.3, -0.25) is 14.5 Å². The van der Waals surface area contributed by atoms with Crippen LogP contribution in [0.5, 0.6) is 0 Å². The van der Waals surface area contributed by atoms with E-state index >= 15 is 0 Å². The average molecular weight is 290 g/mol. The Morgan fingerprint density at radius 2 is 2.05 bits per heavy atom. The van der Waals surface area contributed by atoms with E-state index in [1.165, 1.54) is 0 Å². The molecule has 0 saturated carbocycles. The highest BCUT2D eigenvalue weighted by Crippen LogP contribution is 2.10. The summed E-state index contributed by atoms with van der Waals surface area (Å²) in [6.07, 6.45) is 0.112. The molecule has 0 spiro atoms. The summed E-state index contributed by atoms with van der Waals surface area (Å²) >= 11 is 0. The van der Waals surface area contributed by atoms with Gasteiger partial charge in [-0.25, -0.2) is 4.79 Å². The third-order valence-corrected chi connectivity index (χ3v) is 3.43. The number of nitrogens with one attached hydrogen (secondary N) is 1. The molecular formula is C15H18N2O4. The molecule has 21 heavy (non-hydrogen) atoms. The lowest BCUT2D eigenvalue weighted by Gasteiger charge is -2.12. The van der Waals surface area contributed by atoms with E-state index in [0.717, 1.165) is 21.6 Å². The Morgan fingerprint density at radius 1 is 1.29 bits per heavy atom. The van der Waals surface area contributed by atoms with E-state index in [0.29, 0.717) is 13.1 Å². The van der Waals surface area contributed by atoms with Crippen LogP contribution in [0.2, 0.25) is 0 Å². The van der Waals surface area contributed by atoms with Gasteiger partial charge in [-0.1, -0.05) is 18.2 Å². The molecule has 1 saturated heterocycles. The minimum Gasteiger partial charge on any atom is -0.455 e. The van der Waals surface area contributed by atoms with Crippen molar-refractivity contribution < 1.29 is 19.1 Å². The van der Waals surface area contributed by atoms with Crippen LogP contribution in [0.4, 0.5) is 4.79 Å². The second-order valence-electron chi connectivity index (χ2n) is 5.03. The van der Waals surface area contributed by atoms with Gasteiger partial charge in [0.2, 0.25) is 0 Å². The normalized spacial score (nSPS) is 14.0. The van der Waals surface area contributed by atoms with Crippen LogP contribution in [-0.4, -0.2) is 42.5 Å². The van der Waals surface area contributed by atoms with Gasteiger partial charge in [0.05, 0.1) is 6.42 Å². The molecule has 1 N–H and O–H groups in total. The molecule has 0 radical (unpaired) electrons. The number of carbonyl (C=O) groups is 3. The molecule has 1 fully saturated rings. The van der Waals surface area contributed by atoms with Crippen molar-refractivity contribution in [2.45, 2.75) is 20.3 Å². The largest absolute Gasteiger partial charge is 0.455 e. The molecule has 0 atom stereocenters. The van der Waals surface area contributed by atoms with Crippen molar-refractivity contribution in [1.82, 2.24) is 10.2 Å². The lowest BCUT2D eigenvalue weighted by Crippen LogP contribution is -2.37. The molecule has 6 nitrogen and oxygen atoms in total. The topological polar surface area (TPSA) is 75.7 Å². The van der Waals surface area contributed by atoms with Crippen molar-refractivity contribution in [2.24, 2.45) is 0 Å². The molecular weight excluding hydrogens is 272 g/mol. The van der Waals surface area contributed by atoms with Crippen LogP contribution in [-0.2, 0) is 20.7 Å². The summed E-state index contributed by atoms with van der Waals surface area (Å²) in [5.41, 5.74) is 3.10. The monoisotopic (exact) mass is 290 g/mol. The average Bonchev–Trinajstić information content (AvgIpc) is 2.86. The molecule has 2 rings (SSSR count). The van der Waals surface area contributed by atoms with Crippen LogP contribution in [0.25, 0.3) is 0 Å². The summed E-state index contributed by atoms with van der Waals surface area (Å²) in [4.78, 5) is 35.7. The zero-order chi connectivity index (χ0) is 15.4. The van der Waals surface area contributed by atoms with Crippen molar-refractivity contribution in [3.8, 4) is 0 Å². The van der Waals surface area contributed by atoms with E-state index in [9.17, 15) is 14.4 Å². The number of imide groups is 1. The summed E-state index contributed by atoms with van der Waals surface area (Å²) in [7, 11) is 0. The first-order valence-corrected chi connectivity index (χ1v) is 6.77. The zero-order valence-corrected chi connectivity index (χ0v) is 12.1.